The van der Waals surface area contributed by atoms with Gasteiger partial charge in [-0.1, -0.05) is 6.07 Å². The lowest BCUT2D eigenvalue weighted by atomic mass is 10.2. The number of ether oxygens (including phenoxy) is 1. The molecule has 0 aliphatic heterocycles. The van der Waals surface area contributed by atoms with E-state index in [9.17, 15) is 0 Å². The molecule has 0 spiro atoms. The van der Waals surface area contributed by atoms with Crippen molar-refractivity contribution in [2.45, 2.75) is 26.4 Å². The molecule has 0 saturated heterocycles. The average molecular weight is 276 g/mol. The van der Waals surface area contributed by atoms with Crippen molar-refractivity contribution in [2.24, 2.45) is 0 Å². The van der Waals surface area contributed by atoms with Crippen molar-refractivity contribution in [1.29, 1.82) is 0 Å². The maximum absolute atomic E-state index is 5.88. The summed E-state index contributed by atoms with van der Waals surface area (Å²) in [5.74, 6) is 0.814. The van der Waals surface area contributed by atoms with E-state index in [0.717, 1.165) is 30.1 Å². The largest absolute Gasteiger partial charge is 0.491 e. The smallest absolute Gasteiger partial charge is 0.123 e. The Morgan fingerprint density at radius 1 is 1.32 bits per heavy atom. The van der Waals surface area contributed by atoms with Gasteiger partial charge < -0.3 is 15.8 Å². The maximum atomic E-state index is 5.88. The highest BCUT2D eigenvalue weighted by atomic mass is 32.1. The van der Waals surface area contributed by atoms with Crippen LogP contribution in [0.3, 0.4) is 0 Å². The minimum atomic E-state index is 0.153. The van der Waals surface area contributed by atoms with Gasteiger partial charge in [-0.15, -0.1) is 11.3 Å². The molecule has 0 atom stereocenters. The van der Waals surface area contributed by atoms with Crippen LogP contribution < -0.4 is 15.8 Å². The van der Waals surface area contributed by atoms with Gasteiger partial charge in [-0.2, -0.15) is 0 Å². The number of benzene rings is 1. The first-order valence-corrected chi connectivity index (χ1v) is 7.35. The molecular weight excluding hydrogens is 256 g/mol. The molecule has 102 valence electrons. The molecule has 0 unspecified atom stereocenters. The van der Waals surface area contributed by atoms with Crippen LogP contribution in [0.25, 0.3) is 0 Å². The van der Waals surface area contributed by atoms with Gasteiger partial charge in [0, 0.05) is 34.9 Å². The third kappa shape index (κ3) is 4.48. The minimum absolute atomic E-state index is 0.153. The van der Waals surface area contributed by atoms with Crippen molar-refractivity contribution in [3.8, 4) is 5.75 Å². The van der Waals surface area contributed by atoms with E-state index in [1.54, 1.807) is 11.3 Å². The summed E-state index contributed by atoms with van der Waals surface area (Å²) < 4.78 is 5.67. The Balaban J connectivity index is 1.93. The number of hydrogen-bond acceptors (Lipinski definition) is 4. The number of anilines is 2. The molecule has 0 radical (unpaired) electrons. The maximum Gasteiger partial charge on any atom is 0.123 e. The molecular formula is C15H20N2OS. The Hall–Kier alpha value is -1.68. The van der Waals surface area contributed by atoms with E-state index in [4.69, 9.17) is 10.5 Å². The third-order valence-corrected chi connectivity index (χ3v) is 3.52. The number of thiophene rings is 1. The quantitative estimate of drug-likeness (QED) is 0.789. The Morgan fingerprint density at radius 2 is 2.16 bits per heavy atom. The second-order valence-corrected chi connectivity index (χ2v) is 5.75. The zero-order valence-electron chi connectivity index (χ0n) is 11.3. The van der Waals surface area contributed by atoms with E-state index < -0.39 is 0 Å². The lowest BCUT2D eigenvalue weighted by Crippen LogP contribution is -2.08. The van der Waals surface area contributed by atoms with Crippen LogP contribution in [-0.4, -0.2) is 12.6 Å². The molecule has 0 saturated carbocycles. The van der Waals surface area contributed by atoms with Gasteiger partial charge in [0.15, 0.2) is 0 Å². The topological polar surface area (TPSA) is 47.3 Å². The van der Waals surface area contributed by atoms with Crippen molar-refractivity contribution in [3.05, 3.63) is 40.6 Å². The third-order valence-electron chi connectivity index (χ3n) is 2.58. The molecule has 0 amide bonds. The number of nitrogens with two attached hydrogens (primary N) is 1. The summed E-state index contributed by atoms with van der Waals surface area (Å²) in [7, 11) is 0. The summed E-state index contributed by atoms with van der Waals surface area (Å²) in [4.78, 5) is 1.38. The van der Waals surface area contributed by atoms with Gasteiger partial charge in [-0.3, -0.25) is 0 Å². The molecule has 2 aromatic rings. The van der Waals surface area contributed by atoms with Gasteiger partial charge in [0.25, 0.3) is 0 Å². The molecule has 2 rings (SSSR count). The summed E-state index contributed by atoms with van der Waals surface area (Å²) >= 11 is 1.78. The summed E-state index contributed by atoms with van der Waals surface area (Å²) in [6.45, 7) is 4.91. The molecule has 4 heteroatoms. The lowest BCUT2D eigenvalue weighted by Gasteiger charge is -2.13. The molecule has 0 bridgehead atoms. The monoisotopic (exact) mass is 276 g/mol. The van der Waals surface area contributed by atoms with Crippen molar-refractivity contribution < 1.29 is 4.74 Å². The van der Waals surface area contributed by atoms with Gasteiger partial charge in [0.2, 0.25) is 0 Å². The van der Waals surface area contributed by atoms with Gasteiger partial charge in [0.1, 0.15) is 5.75 Å². The molecule has 0 aliphatic carbocycles. The molecule has 0 fully saturated rings. The summed E-state index contributed by atoms with van der Waals surface area (Å²) in [6.07, 6.45) is 1.17. The molecule has 1 aromatic heterocycles. The van der Waals surface area contributed by atoms with Gasteiger partial charge in [-0.05, 0) is 37.8 Å². The number of hydrogen-bond donors (Lipinski definition) is 2. The normalized spacial score (nSPS) is 10.7. The second-order valence-electron chi connectivity index (χ2n) is 4.71. The Labute approximate surface area is 118 Å². The number of nitrogen functional groups attached to an aromatic ring is 1. The van der Waals surface area contributed by atoms with Crippen LogP contribution in [-0.2, 0) is 6.42 Å². The van der Waals surface area contributed by atoms with E-state index >= 15 is 0 Å². The summed E-state index contributed by atoms with van der Waals surface area (Å²) in [5, 5.41) is 5.49. The van der Waals surface area contributed by atoms with Crippen LogP contribution in [0.4, 0.5) is 11.4 Å². The van der Waals surface area contributed by atoms with Gasteiger partial charge >= 0.3 is 0 Å². The molecule has 3 nitrogen and oxygen atoms in total. The summed E-state index contributed by atoms with van der Waals surface area (Å²) in [5.41, 5.74) is 7.61. The van der Waals surface area contributed by atoms with Crippen LogP contribution in [0.5, 0.6) is 5.75 Å². The Bertz CT molecular complexity index is 509. The van der Waals surface area contributed by atoms with Crippen molar-refractivity contribution in [3.63, 3.8) is 0 Å². The predicted octanol–water partition coefficient (Wildman–Crippen LogP) is 3.77. The highest BCUT2D eigenvalue weighted by molar-refractivity contribution is 7.09. The highest BCUT2D eigenvalue weighted by Crippen LogP contribution is 2.23. The first-order valence-electron chi connectivity index (χ1n) is 6.47. The standard InChI is InChI=1S/C15H20N2OS/c1-11(2)18-14-9-12(16)8-13(10-14)17-6-5-15-4-3-7-19-15/h3-4,7-11,17H,5-6,16H2,1-2H3. The first kappa shape index (κ1) is 13.7. The molecule has 0 aliphatic rings. The zero-order chi connectivity index (χ0) is 13.7. The highest BCUT2D eigenvalue weighted by Gasteiger charge is 2.02. The van der Waals surface area contributed by atoms with Crippen LogP contribution in [0.15, 0.2) is 35.7 Å². The molecule has 19 heavy (non-hydrogen) atoms. The van der Waals surface area contributed by atoms with Crippen LogP contribution in [0, 0.1) is 0 Å². The van der Waals surface area contributed by atoms with Crippen molar-refractivity contribution >= 4 is 22.7 Å². The van der Waals surface area contributed by atoms with E-state index in [2.05, 4.69) is 22.8 Å². The summed E-state index contributed by atoms with van der Waals surface area (Å²) in [6, 6.07) is 10.0. The van der Waals surface area contributed by atoms with Crippen LogP contribution in [0.2, 0.25) is 0 Å². The van der Waals surface area contributed by atoms with Gasteiger partial charge in [-0.25, -0.2) is 0 Å². The van der Waals surface area contributed by atoms with Crippen molar-refractivity contribution in [2.75, 3.05) is 17.6 Å². The number of nitrogens with one attached hydrogen (secondary N) is 1. The van der Waals surface area contributed by atoms with E-state index in [-0.39, 0.29) is 6.10 Å². The van der Waals surface area contributed by atoms with Gasteiger partial charge in [0.05, 0.1) is 6.10 Å². The molecule has 1 aromatic carbocycles. The average Bonchev–Trinajstić information content (AvgIpc) is 2.80. The molecule has 1 heterocycles. The fourth-order valence-corrected chi connectivity index (χ4v) is 2.56. The Kier molecular flexibility index (Phi) is 4.68. The van der Waals surface area contributed by atoms with Crippen molar-refractivity contribution in [1.82, 2.24) is 0 Å². The fourth-order valence-electron chi connectivity index (χ4n) is 1.85. The lowest BCUT2D eigenvalue weighted by molar-refractivity contribution is 0.242. The first-order chi connectivity index (χ1) is 9.13. The predicted molar refractivity (Wildman–Crippen MR) is 83.1 cm³/mol. The Morgan fingerprint density at radius 3 is 2.84 bits per heavy atom. The fraction of sp³-hybridized carbons (Fsp3) is 0.333. The second kappa shape index (κ2) is 6.48. The van der Waals surface area contributed by atoms with E-state index in [0.29, 0.717) is 0 Å². The van der Waals surface area contributed by atoms with Crippen LogP contribution in [0.1, 0.15) is 18.7 Å². The minimum Gasteiger partial charge on any atom is -0.491 e. The van der Waals surface area contributed by atoms with E-state index in [1.165, 1.54) is 4.88 Å². The SMILES string of the molecule is CC(C)Oc1cc(N)cc(NCCc2cccs2)c1. The number of rotatable bonds is 6. The molecule has 3 N–H and O–H groups in total. The van der Waals surface area contributed by atoms with E-state index in [1.807, 2.05) is 32.0 Å². The van der Waals surface area contributed by atoms with Crippen LogP contribution >= 0.6 is 11.3 Å². The zero-order valence-corrected chi connectivity index (χ0v) is 12.2.